The Morgan fingerprint density at radius 2 is 2.07 bits per heavy atom. The maximum Gasteiger partial charge on any atom is 0.261 e. The Hall–Kier alpha value is -1.14. The standard InChI is InChI=1S/C8H8ClNO4S/c1-5(11)7-3-6(15(9,12)13)4-8(10-7)14-2/h3-4H,1-2H3. The number of halogens is 1. The van der Waals surface area contributed by atoms with E-state index in [2.05, 4.69) is 4.98 Å². The summed E-state index contributed by atoms with van der Waals surface area (Å²) in [6.07, 6.45) is 0. The number of Topliss-reactive ketones (excluding diaryl/α,β-unsaturated/α-hetero) is 1. The van der Waals surface area contributed by atoms with Gasteiger partial charge in [-0.2, -0.15) is 0 Å². The number of methoxy groups -OCH3 is 1. The lowest BCUT2D eigenvalue weighted by atomic mass is 10.3. The largest absolute Gasteiger partial charge is 0.481 e. The Kier molecular flexibility index (Phi) is 3.31. The van der Waals surface area contributed by atoms with Gasteiger partial charge in [0.2, 0.25) is 5.88 Å². The molecule has 0 unspecified atom stereocenters. The molecule has 5 nitrogen and oxygen atoms in total. The molecule has 0 aliphatic rings. The molecule has 0 aliphatic carbocycles. The van der Waals surface area contributed by atoms with E-state index in [-0.39, 0.29) is 22.3 Å². The first-order chi connectivity index (χ1) is 6.84. The lowest BCUT2D eigenvalue weighted by Gasteiger charge is -2.03. The summed E-state index contributed by atoms with van der Waals surface area (Å²) in [5, 5.41) is 0. The summed E-state index contributed by atoms with van der Waals surface area (Å²) in [4.78, 5) is 14.6. The van der Waals surface area contributed by atoms with Gasteiger partial charge in [0, 0.05) is 23.7 Å². The van der Waals surface area contributed by atoms with E-state index in [1.807, 2.05) is 0 Å². The number of pyridine rings is 1. The molecule has 1 heterocycles. The molecule has 0 atom stereocenters. The van der Waals surface area contributed by atoms with Gasteiger partial charge in [-0.25, -0.2) is 13.4 Å². The zero-order valence-electron chi connectivity index (χ0n) is 8.02. The Bertz CT molecular complexity index is 497. The molecule has 0 saturated heterocycles. The number of hydrogen-bond acceptors (Lipinski definition) is 5. The third kappa shape index (κ3) is 2.90. The molecule has 1 rings (SSSR count). The zero-order valence-corrected chi connectivity index (χ0v) is 9.59. The van der Waals surface area contributed by atoms with E-state index in [0.717, 1.165) is 12.1 Å². The monoisotopic (exact) mass is 249 g/mol. The van der Waals surface area contributed by atoms with E-state index in [0.29, 0.717) is 0 Å². The van der Waals surface area contributed by atoms with E-state index in [1.54, 1.807) is 0 Å². The summed E-state index contributed by atoms with van der Waals surface area (Å²) in [5.41, 5.74) is -0.00595. The number of rotatable bonds is 3. The van der Waals surface area contributed by atoms with Gasteiger partial charge >= 0.3 is 0 Å². The fourth-order valence-corrected chi connectivity index (χ4v) is 1.67. The van der Waals surface area contributed by atoms with Crippen LogP contribution in [0.1, 0.15) is 17.4 Å². The molecule has 1 aromatic heterocycles. The molecule has 0 aromatic carbocycles. The predicted molar refractivity (Wildman–Crippen MR) is 53.8 cm³/mol. The molecule has 0 fully saturated rings. The normalized spacial score (nSPS) is 11.1. The van der Waals surface area contributed by atoms with E-state index in [1.165, 1.54) is 14.0 Å². The molecule has 82 valence electrons. The zero-order chi connectivity index (χ0) is 11.6. The Labute approximate surface area is 91.5 Å². The van der Waals surface area contributed by atoms with Crippen LogP contribution in [-0.4, -0.2) is 26.3 Å². The molecular formula is C8H8ClNO4S. The number of hydrogen-bond donors (Lipinski definition) is 0. The smallest absolute Gasteiger partial charge is 0.261 e. The fourth-order valence-electron chi connectivity index (χ4n) is 0.907. The second-order valence-corrected chi connectivity index (χ2v) is 5.29. The van der Waals surface area contributed by atoms with Crippen molar-refractivity contribution in [3.8, 4) is 5.88 Å². The van der Waals surface area contributed by atoms with Crippen LogP contribution in [0, 0.1) is 0 Å². The Morgan fingerprint density at radius 1 is 1.47 bits per heavy atom. The van der Waals surface area contributed by atoms with Crippen LogP contribution >= 0.6 is 10.7 Å². The quantitative estimate of drug-likeness (QED) is 0.595. The predicted octanol–water partition coefficient (Wildman–Crippen LogP) is 1.22. The minimum Gasteiger partial charge on any atom is -0.481 e. The maximum absolute atomic E-state index is 11.0. The van der Waals surface area contributed by atoms with E-state index >= 15 is 0 Å². The van der Waals surface area contributed by atoms with Crippen molar-refractivity contribution in [3.05, 3.63) is 17.8 Å². The molecule has 0 radical (unpaired) electrons. The summed E-state index contributed by atoms with van der Waals surface area (Å²) in [7, 11) is 2.57. The summed E-state index contributed by atoms with van der Waals surface area (Å²) in [6.45, 7) is 1.27. The average molecular weight is 250 g/mol. The van der Waals surface area contributed by atoms with Crippen molar-refractivity contribution in [2.45, 2.75) is 11.8 Å². The molecule has 0 aliphatic heterocycles. The minimum absolute atomic E-state index is 0.00595. The molecule has 0 amide bonds. The number of carbonyl (C=O) groups is 1. The topological polar surface area (TPSA) is 73.3 Å². The lowest BCUT2D eigenvalue weighted by Crippen LogP contribution is -2.02. The van der Waals surface area contributed by atoms with Crippen molar-refractivity contribution in [2.75, 3.05) is 7.11 Å². The summed E-state index contributed by atoms with van der Waals surface area (Å²) in [6, 6.07) is 2.25. The van der Waals surface area contributed by atoms with Gasteiger partial charge in [0.15, 0.2) is 5.78 Å². The summed E-state index contributed by atoms with van der Waals surface area (Å²) < 4.78 is 26.8. The first kappa shape index (κ1) is 11.9. The lowest BCUT2D eigenvalue weighted by molar-refractivity contribution is 0.101. The third-order valence-electron chi connectivity index (χ3n) is 1.63. The second kappa shape index (κ2) is 4.16. The average Bonchev–Trinajstić information content (AvgIpc) is 2.15. The number of carbonyl (C=O) groups excluding carboxylic acids is 1. The van der Waals surface area contributed by atoms with Gasteiger partial charge in [-0.3, -0.25) is 4.79 Å². The SMILES string of the molecule is COc1cc(S(=O)(=O)Cl)cc(C(C)=O)n1. The van der Waals surface area contributed by atoms with Gasteiger partial charge in [0.1, 0.15) is 5.69 Å². The molecule has 0 bridgehead atoms. The third-order valence-corrected chi connectivity index (χ3v) is 2.96. The number of aromatic nitrogens is 1. The molecule has 7 heteroatoms. The summed E-state index contributed by atoms with van der Waals surface area (Å²) in [5.74, 6) is -0.336. The maximum atomic E-state index is 11.0. The first-order valence-electron chi connectivity index (χ1n) is 3.86. The Morgan fingerprint density at radius 3 is 2.47 bits per heavy atom. The van der Waals surface area contributed by atoms with Crippen LogP contribution in [0.4, 0.5) is 0 Å². The van der Waals surface area contributed by atoms with Crippen LogP contribution in [0.15, 0.2) is 17.0 Å². The van der Waals surface area contributed by atoms with Crippen molar-refractivity contribution in [1.29, 1.82) is 0 Å². The van der Waals surface area contributed by atoms with Gasteiger partial charge in [-0.1, -0.05) is 0 Å². The van der Waals surface area contributed by atoms with Crippen LogP contribution in [0.5, 0.6) is 5.88 Å². The number of ether oxygens (including phenoxy) is 1. The summed E-state index contributed by atoms with van der Waals surface area (Å²) >= 11 is 0. The minimum atomic E-state index is -3.89. The molecule has 0 spiro atoms. The highest BCUT2D eigenvalue weighted by Gasteiger charge is 2.15. The van der Waals surface area contributed by atoms with Crippen molar-refractivity contribution in [1.82, 2.24) is 4.98 Å². The van der Waals surface area contributed by atoms with Gasteiger partial charge < -0.3 is 4.74 Å². The first-order valence-corrected chi connectivity index (χ1v) is 6.17. The molecule has 1 aromatic rings. The molecule has 15 heavy (non-hydrogen) atoms. The van der Waals surface area contributed by atoms with Crippen LogP contribution in [0.3, 0.4) is 0 Å². The van der Waals surface area contributed by atoms with Crippen LogP contribution in [-0.2, 0) is 9.05 Å². The highest BCUT2D eigenvalue weighted by molar-refractivity contribution is 8.13. The van der Waals surface area contributed by atoms with Gasteiger partial charge in [-0.15, -0.1) is 0 Å². The van der Waals surface area contributed by atoms with Gasteiger partial charge in [-0.05, 0) is 6.07 Å². The molecular weight excluding hydrogens is 242 g/mol. The highest BCUT2D eigenvalue weighted by Crippen LogP contribution is 2.20. The fraction of sp³-hybridized carbons (Fsp3) is 0.250. The number of nitrogens with zero attached hydrogens (tertiary/aromatic N) is 1. The van der Waals surface area contributed by atoms with Crippen LogP contribution in [0.2, 0.25) is 0 Å². The molecule has 0 saturated carbocycles. The van der Waals surface area contributed by atoms with Crippen LogP contribution in [0.25, 0.3) is 0 Å². The van der Waals surface area contributed by atoms with Crippen molar-refractivity contribution in [2.24, 2.45) is 0 Å². The van der Waals surface area contributed by atoms with E-state index in [9.17, 15) is 13.2 Å². The van der Waals surface area contributed by atoms with Crippen LogP contribution < -0.4 is 4.74 Å². The van der Waals surface area contributed by atoms with Crippen molar-refractivity contribution >= 4 is 25.5 Å². The van der Waals surface area contributed by atoms with E-state index < -0.39 is 9.05 Å². The molecule has 0 N–H and O–H groups in total. The van der Waals surface area contributed by atoms with Gasteiger partial charge in [0.05, 0.1) is 12.0 Å². The van der Waals surface area contributed by atoms with Crippen molar-refractivity contribution < 1.29 is 17.9 Å². The number of ketones is 1. The van der Waals surface area contributed by atoms with E-state index in [4.69, 9.17) is 15.4 Å². The van der Waals surface area contributed by atoms with Crippen molar-refractivity contribution in [3.63, 3.8) is 0 Å². The van der Waals surface area contributed by atoms with Gasteiger partial charge in [0.25, 0.3) is 9.05 Å². The second-order valence-electron chi connectivity index (χ2n) is 2.72. The highest BCUT2D eigenvalue weighted by atomic mass is 35.7. The Balaban J connectivity index is 3.43.